The third-order valence-corrected chi connectivity index (χ3v) is 3.69. The number of carbonyl (C=O) groups excluding carboxylic acids is 2. The highest BCUT2D eigenvalue weighted by atomic mass is 16.2. The Balaban J connectivity index is 2.44. The van der Waals surface area contributed by atoms with Gasteiger partial charge in [0.15, 0.2) is 0 Å². The van der Waals surface area contributed by atoms with Crippen LogP contribution in [0.1, 0.15) is 59.3 Å². The zero-order valence-electron chi connectivity index (χ0n) is 11.9. The average molecular weight is 254 g/mol. The molecule has 4 heteroatoms. The number of unbranched alkanes of at least 4 members (excludes halogenated alkanes) is 2. The first-order valence-electron chi connectivity index (χ1n) is 7.18. The van der Waals surface area contributed by atoms with Gasteiger partial charge >= 0.3 is 11.8 Å². The maximum Gasteiger partial charge on any atom is 0.312 e. The molecule has 2 unspecified atom stereocenters. The number of amides is 2. The van der Waals surface area contributed by atoms with Crippen LogP contribution in [0.2, 0.25) is 0 Å². The zero-order chi connectivity index (χ0) is 13.5. The van der Waals surface area contributed by atoms with Crippen molar-refractivity contribution in [2.24, 2.45) is 0 Å². The van der Waals surface area contributed by atoms with Crippen molar-refractivity contribution >= 4 is 11.8 Å². The number of likely N-dealkylation sites (tertiary alicyclic amines) is 1. The number of carbonyl (C=O) groups is 2. The lowest BCUT2D eigenvalue weighted by atomic mass is 9.97. The minimum Gasteiger partial charge on any atom is -0.348 e. The highest BCUT2D eigenvalue weighted by molar-refractivity contribution is 6.35. The molecule has 1 aliphatic rings. The molecule has 0 aromatic carbocycles. The summed E-state index contributed by atoms with van der Waals surface area (Å²) in [5.74, 6) is -0.794. The maximum atomic E-state index is 12.1. The van der Waals surface area contributed by atoms with Gasteiger partial charge in [-0.15, -0.1) is 0 Å². The summed E-state index contributed by atoms with van der Waals surface area (Å²) in [5, 5.41) is 2.73. The van der Waals surface area contributed by atoms with Gasteiger partial charge in [-0.2, -0.15) is 0 Å². The van der Waals surface area contributed by atoms with Crippen LogP contribution >= 0.6 is 0 Å². The van der Waals surface area contributed by atoms with Gasteiger partial charge < -0.3 is 10.2 Å². The summed E-state index contributed by atoms with van der Waals surface area (Å²) >= 11 is 0. The number of hydrogen-bond acceptors (Lipinski definition) is 2. The monoisotopic (exact) mass is 254 g/mol. The van der Waals surface area contributed by atoms with Crippen LogP contribution < -0.4 is 5.32 Å². The summed E-state index contributed by atoms with van der Waals surface area (Å²) in [6.45, 7) is 6.77. The van der Waals surface area contributed by atoms with Crippen molar-refractivity contribution in [1.29, 1.82) is 0 Å². The van der Waals surface area contributed by atoms with Crippen LogP contribution in [0, 0.1) is 0 Å². The molecule has 0 aromatic rings. The fourth-order valence-electron chi connectivity index (χ4n) is 2.59. The van der Waals surface area contributed by atoms with Crippen molar-refractivity contribution in [3.63, 3.8) is 0 Å². The summed E-state index contributed by atoms with van der Waals surface area (Å²) in [6.07, 6.45) is 6.29. The van der Waals surface area contributed by atoms with Crippen LogP contribution in [-0.4, -0.2) is 35.3 Å². The van der Waals surface area contributed by atoms with E-state index in [1.54, 1.807) is 4.90 Å². The van der Waals surface area contributed by atoms with E-state index in [2.05, 4.69) is 12.2 Å². The molecule has 4 nitrogen and oxygen atoms in total. The van der Waals surface area contributed by atoms with Gasteiger partial charge in [0.05, 0.1) is 0 Å². The molecule has 0 saturated carbocycles. The van der Waals surface area contributed by atoms with E-state index in [-0.39, 0.29) is 18.0 Å². The molecule has 1 fully saturated rings. The van der Waals surface area contributed by atoms with Crippen LogP contribution in [0.5, 0.6) is 0 Å². The molecule has 0 bridgehead atoms. The van der Waals surface area contributed by atoms with Crippen molar-refractivity contribution in [1.82, 2.24) is 10.2 Å². The number of nitrogens with one attached hydrogen (secondary N) is 1. The number of hydrogen-bond donors (Lipinski definition) is 1. The van der Waals surface area contributed by atoms with E-state index in [9.17, 15) is 9.59 Å². The Hall–Kier alpha value is -1.06. The molecule has 0 aromatic heterocycles. The minimum atomic E-state index is -0.438. The Labute approximate surface area is 110 Å². The Morgan fingerprint density at radius 1 is 1.17 bits per heavy atom. The smallest absolute Gasteiger partial charge is 0.312 e. The molecule has 18 heavy (non-hydrogen) atoms. The Bertz CT molecular complexity index is 282. The van der Waals surface area contributed by atoms with Crippen LogP contribution in [0.3, 0.4) is 0 Å². The van der Waals surface area contributed by atoms with Gasteiger partial charge in [0.1, 0.15) is 0 Å². The largest absolute Gasteiger partial charge is 0.348 e. The minimum absolute atomic E-state index is 0.183. The first-order valence-corrected chi connectivity index (χ1v) is 7.18. The van der Waals surface area contributed by atoms with E-state index in [0.717, 1.165) is 38.5 Å². The lowest BCUT2D eigenvalue weighted by molar-refractivity contribution is -0.150. The molecule has 0 aliphatic carbocycles. The summed E-state index contributed by atoms with van der Waals surface area (Å²) < 4.78 is 0. The molecular formula is C14H26N2O2. The Morgan fingerprint density at radius 2 is 1.78 bits per heavy atom. The normalized spacial score (nSPS) is 23.8. The number of nitrogens with zero attached hydrogens (tertiary/aromatic N) is 1. The lowest BCUT2D eigenvalue weighted by Crippen LogP contribution is -2.52. The molecule has 2 amide bonds. The van der Waals surface area contributed by atoms with Crippen molar-refractivity contribution in [2.75, 3.05) is 6.54 Å². The van der Waals surface area contributed by atoms with Crippen molar-refractivity contribution < 1.29 is 9.59 Å². The van der Waals surface area contributed by atoms with Crippen LogP contribution in [0.25, 0.3) is 0 Å². The predicted octanol–water partition coefficient (Wildman–Crippen LogP) is 2.08. The number of piperidine rings is 1. The van der Waals surface area contributed by atoms with Crippen LogP contribution in [0.15, 0.2) is 0 Å². The Kier molecular flexibility index (Phi) is 6.16. The third-order valence-electron chi connectivity index (χ3n) is 3.69. The molecule has 0 spiro atoms. The molecule has 2 atom stereocenters. The molecule has 1 heterocycles. The van der Waals surface area contributed by atoms with Gasteiger partial charge in [0.25, 0.3) is 0 Å². The maximum absolute atomic E-state index is 12.1. The number of rotatable bonds is 4. The second kappa shape index (κ2) is 7.39. The highest BCUT2D eigenvalue weighted by Gasteiger charge is 2.32. The average Bonchev–Trinajstić information content (AvgIpc) is 2.34. The fraction of sp³-hybridized carbons (Fsp3) is 0.857. The van der Waals surface area contributed by atoms with E-state index in [0.29, 0.717) is 6.54 Å². The van der Waals surface area contributed by atoms with Gasteiger partial charge in [-0.1, -0.05) is 19.8 Å². The van der Waals surface area contributed by atoms with Gasteiger partial charge in [0, 0.05) is 18.6 Å². The third kappa shape index (κ3) is 4.00. The summed E-state index contributed by atoms with van der Waals surface area (Å²) in [4.78, 5) is 25.6. The predicted molar refractivity (Wildman–Crippen MR) is 72.2 cm³/mol. The molecule has 1 saturated heterocycles. The highest BCUT2D eigenvalue weighted by Crippen LogP contribution is 2.22. The first-order chi connectivity index (χ1) is 8.57. The molecular weight excluding hydrogens is 228 g/mol. The van der Waals surface area contributed by atoms with Crippen molar-refractivity contribution in [3.05, 3.63) is 0 Å². The van der Waals surface area contributed by atoms with Crippen molar-refractivity contribution in [2.45, 2.75) is 71.4 Å². The SMILES string of the molecule is CCCCCNC(=O)C(=O)N1C(C)CCCC1C. The zero-order valence-corrected chi connectivity index (χ0v) is 11.9. The second-order valence-electron chi connectivity index (χ2n) is 5.30. The standard InChI is InChI=1S/C14H26N2O2/c1-4-5-6-10-15-13(17)14(18)16-11(2)8-7-9-12(16)3/h11-12H,4-10H2,1-3H3,(H,15,17). The molecule has 104 valence electrons. The first kappa shape index (κ1) is 15.0. The van der Waals surface area contributed by atoms with Crippen LogP contribution in [0.4, 0.5) is 0 Å². The van der Waals surface area contributed by atoms with Gasteiger partial charge in [0.2, 0.25) is 0 Å². The molecule has 0 radical (unpaired) electrons. The topological polar surface area (TPSA) is 49.4 Å². The van der Waals surface area contributed by atoms with Crippen molar-refractivity contribution in [3.8, 4) is 0 Å². The van der Waals surface area contributed by atoms with Gasteiger partial charge in [-0.05, 0) is 39.5 Å². The van der Waals surface area contributed by atoms with E-state index in [4.69, 9.17) is 0 Å². The summed E-state index contributed by atoms with van der Waals surface area (Å²) in [7, 11) is 0. The summed E-state index contributed by atoms with van der Waals surface area (Å²) in [6, 6.07) is 0.366. The molecule has 1 rings (SSSR count). The van der Waals surface area contributed by atoms with E-state index >= 15 is 0 Å². The Morgan fingerprint density at radius 3 is 2.33 bits per heavy atom. The van der Waals surface area contributed by atoms with E-state index in [1.807, 2.05) is 13.8 Å². The van der Waals surface area contributed by atoms with Gasteiger partial charge in [-0.3, -0.25) is 9.59 Å². The molecule has 1 aliphatic heterocycles. The van der Waals surface area contributed by atoms with Crippen LogP contribution in [-0.2, 0) is 9.59 Å². The van der Waals surface area contributed by atoms with Gasteiger partial charge in [-0.25, -0.2) is 0 Å². The van der Waals surface area contributed by atoms with E-state index < -0.39 is 5.91 Å². The lowest BCUT2D eigenvalue weighted by Gasteiger charge is -2.38. The summed E-state index contributed by atoms with van der Waals surface area (Å²) in [5.41, 5.74) is 0. The fourth-order valence-corrected chi connectivity index (χ4v) is 2.59. The van der Waals surface area contributed by atoms with E-state index in [1.165, 1.54) is 0 Å². The quantitative estimate of drug-likeness (QED) is 0.617. The molecule has 1 N–H and O–H groups in total. The second-order valence-corrected chi connectivity index (χ2v) is 5.30.